The zero-order valence-electron chi connectivity index (χ0n) is 13.5. The van der Waals surface area contributed by atoms with Crippen molar-refractivity contribution in [2.75, 3.05) is 24.7 Å². The van der Waals surface area contributed by atoms with Gasteiger partial charge in [-0.3, -0.25) is 9.78 Å². The summed E-state index contributed by atoms with van der Waals surface area (Å²) >= 11 is 3.18. The fraction of sp³-hybridized carbons (Fsp3) is 0.312. The number of rotatable bonds is 4. The molecule has 1 fully saturated rings. The molecule has 25 heavy (non-hydrogen) atoms. The van der Waals surface area contributed by atoms with Crippen LogP contribution < -0.4 is 5.32 Å². The number of nitrogens with zero attached hydrogens (tertiary/aromatic N) is 5. The van der Waals surface area contributed by atoms with E-state index in [9.17, 15) is 4.79 Å². The molecular formula is C16H16N6OS2. The number of thioether (sulfide) groups is 1. The van der Waals surface area contributed by atoms with E-state index < -0.39 is 0 Å². The van der Waals surface area contributed by atoms with Crippen molar-refractivity contribution < 1.29 is 4.79 Å². The molecule has 1 atom stereocenters. The zero-order valence-corrected chi connectivity index (χ0v) is 15.2. The molecule has 128 valence electrons. The van der Waals surface area contributed by atoms with Crippen LogP contribution in [0.5, 0.6) is 0 Å². The Hall–Kier alpha value is -2.26. The quantitative estimate of drug-likeness (QED) is 0.705. The molecule has 3 aromatic rings. The smallest absolute Gasteiger partial charge is 0.272 e. The van der Waals surface area contributed by atoms with E-state index in [4.69, 9.17) is 0 Å². The molecule has 1 N–H and O–H groups in total. The number of carbonyl (C=O) groups excluding carboxylic acids is 1. The second-order valence-corrected chi connectivity index (χ2v) is 7.71. The normalized spacial score (nSPS) is 17.2. The summed E-state index contributed by atoms with van der Waals surface area (Å²) in [6.45, 7) is 1.34. The summed E-state index contributed by atoms with van der Waals surface area (Å²) in [5.41, 5.74) is 1.20. The number of hydrogen-bond donors (Lipinski definition) is 1. The highest BCUT2D eigenvalue weighted by molar-refractivity contribution is 8.00. The van der Waals surface area contributed by atoms with Crippen molar-refractivity contribution in [2.45, 2.75) is 16.8 Å². The van der Waals surface area contributed by atoms with E-state index in [0.29, 0.717) is 24.4 Å². The first-order chi connectivity index (χ1) is 12.2. The monoisotopic (exact) mass is 372 g/mol. The zero-order chi connectivity index (χ0) is 17.2. The van der Waals surface area contributed by atoms with Gasteiger partial charge in [0, 0.05) is 25.3 Å². The average molecular weight is 372 g/mol. The number of pyridine rings is 1. The van der Waals surface area contributed by atoms with Crippen molar-refractivity contribution in [2.24, 2.45) is 0 Å². The Morgan fingerprint density at radius 2 is 2.28 bits per heavy atom. The van der Waals surface area contributed by atoms with E-state index in [1.807, 2.05) is 23.3 Å². The van der Waals surface area contributed by atoms with Gasteiger partial charge in [0.25, 0.3) is 5.91 Å². The summed E-state index contributed by atoms with van der Waals surface area (Å²) in [5, 5.41) is 3.45. The molecule has 4 heterocycles. The van der Waals surface area contributed by atoms with Crippen molar-refractivity contribution in [3.63, 3.8) is 0 Å². The Morgan fingerprint density at radius 3 is 3.08 bits per heavy atom. The summed E-state index contributed by atoms with van der Waals surface area (Å²) in [4.78, 5) is 31.5. The van der Waals surface area contributed by atoms with Crippen LogP contribution in [0.3, 0.4) is 0 Å². The Morgan fingerprint density at radius 1 is 1.36 bits per heavy atom. The van der Waals surface area contributed by atoms with Crippen LogP contribution in [0.1, 0.15) is 16.9 Å². The summed E-state index contributed by atoms with van der Waals surface area (Å²) in [7, 11) is 0. The Bertz CT molecular complexity index is 900. The molecule has 1 amide bonds. The van der Waals surface area contributed by atoms with E-state index in [1.54, 1.807) is 35.4 Å². The number of carbonyl (C=O) groups is 1. The average Bonchev–Trinajstić information content (AvgIpc) is 3.29. The SMILES string of the molecule is CSc1nc2ncnc(NC3CCN(C(=O)c4ccccn4)C3)c2s1. The maximum atomic E-state index is 12.5. The number of nitrogens with one attached hydrogen (secondary N) is 1. The van der Waals surface area contributed by atoms with Crippen LogP contribution in [0.4, 0.5) is 5.82 Å². The van der Waals surface area contributed by atoms with Crippen molar-refractivity contribution in [1.29, 1.82) is 0 Å². The van der Waals surface area contributed by atoms with Gasteiger partial charge in [-0.15, -0.1) is 11.3 Å². The second-order valence-electron chi connectivity index (χ2n) is 5.65. The van der Waals surface area contributed by atoms with Gasteiger partial charge in [0.15, 0.2) is 9.99 Å². The highest BCUT2D eigenvalue weighted by Crippen LogP contribution is 2.31. The van der Waals surface area contributed by atoms with Crippen LogP contribution in [-0.4, -0.2) is 56.1 Å². The summed E-state index contributed by atoms with van der Waals surface area (Å²) in [6, 6.07) is 5.55. The highest BCUT2D eigenvalue weighted by atomic mass is 32.2. The van der Waals surface area contributed by atoms with Crippen LogP contribution in [0.25, 0.3) is 10.3 Å². The van der Waals surface area contributed by atoms with E-state index in [0.717, 1.165) is 21.3 Å². The van der Waals surface area contributed by atoms with E-state index in [2.05, 4.69) is 25.3 Å². The Kier molecular flexibility index (Phi) is 4.50. The number of thiazole rings is 1. The van der Waals surface area contributed by atoms with Crippen LogP contribution >= 0.6 is 23.1 Å². The fourth-order valence-electron chi connectivity index (χ4n) is 2.83. The van der Waals surface area contributed by atoms with Gasteiger partial charge >= 0.3 is 0 Å². The third-order valence-corrected chi connectivity index (χ3v) is 6.08. The maximum absolute atomic E-state index is 12.5. The van der Waals surface area contributed by atoms with Gasteiger partial charge in [-0.2, -0.15) is 0 Å². The first kappa shape index (κ1) is 16.2. The van der Waals surface area contributed by atoms with E-state index in [1.165, 1.54) is 6.33 Å². The van der Waals surface area contributed by atoms with Crippen molar-refractivity contribution in [3.8, 4) is 0 Å². The predicted octanol–water partition coefficient (Wildman–Crippen LogP) is 2.53. The van der Waals surface area contributed by atoms with Crippen molar-refractivity contribution >= 4 is 45.2 Å². The summed E-state index contributed by atoms with van der Waals surface area (Å²) < 4.78 is 1.93. The molecule has 0 spiro atoms. The molecule has 3 aromatic heterocycles. The molecule has 1 aliphatic rings. The second kappa shape index (κ2) is 6.93. The molecule has 0 saturated carbocycles. The van der Waals surface area contributed by atoms with Crippen molar-refractivity contribution in [3.05, 3.63) is 36.4 Å². The number of likely N-dealkylation sites (tertiary alicyclic amines) is 1. The van der Waals surface area contributed by atoms with Crippen LogP contribution in [0.15, 0.2) is 35.1 Å². The standard InChI is InChI=1S/C16H16N6OS2/c1-24-16-21-14-12(25-16)13(18-9-19-14)20-10-5-7-22(8-10)15(23)11-4-2-3-6-17-11/h2-4,6,9-10H,5,7-8H2,1H3,(H,18,19,20). The van der Waals surface area contributed by atoms with Crippen LogP contribution in [-0.2, 0) is 0 Å². The molecule has 0 aromatic carbocycles. The minimum Gasteiger partial charge on any atom is -0.364 e. The summed E-state index contributed by atoms with van der Waals surface area (Å²) in [6.07, 6.45) is 6.04. The third kappa shape index (κ3) is 3.29. The maximum Gasteiger partial charge on any atom is 0.272 e. The lowest BCUT2D eigenvalue weighted by Gasteiger charge is -2.17. The molecule has 7 nitrogen and oxygen atoms in total. The minimum atomic E-state index is -0.0276. The van der Waals surface area contributed by atoms with Gasteiger partial charge in [0.2, 0.25) is 0 Å². The van der Waals surface area contributed by atoms with Gasteiger partial charge in [-0.25, -0.2) is 15.0 Å². The molecule has 0 radical (unpaired) electrons. The predicted molar refractivity (Wildman–Crippen MR) is 99.2 cm³/mol. The number of fused-ring (bicyclic) bond motifs is 1. The third-order valence-electron chi connectivity index (χ3n) is 4.05. The van der Waals surface area contributed by atoms with Gasteiger partial charge in [-0.05, 0) is 24.8 Å². The topological polar surface area (TPSA) is 83.9 Å². The molecule has 9 heteroatoms. The number of amides is 1. The number of anilines is 1. The molecular weight excluding hydrogens is 356 g/mol. The van der Waals surface area contributed by atoms with Gasteiger partial charge in [0.1, 0.15) is 22.5 Å². The van der Waals surface area contributed by atoms with Crippen molar-refractivity contribution in [1.82, 2.24) is 24.8 Å². The molecule has 1 aliphatic heterocycles. The van der Waals surface area contributed by atoms with Crippen LogP contribution in [0, 0.1) is 0 Å². The lowest BCUT2D eigenvalue weighted by Crippen LogP contribution is -2.32. The first-order valence-corrected chi connectivity index (χ1v) is 9.91. The fourth-order valence-corrected chi connectivity index (χ4v) is 4.30. The van der Waals surface area contributed by atoms with Crippen LogP contribution in [0.2, 0.25) is 0 Å². The molecule has 4 rings (SSSR count). The van der Waals surface area contributed by atoms with E-state index in [-0.39, 0.29) is 11.9 Å². The minimum absolute atomic E-state index is 0.0276. The van der Waals surface area contributed by atoms with Gasteiger partial charge < -0.3 is 10.2 Å². The highest BCUT2D eigenvalue weighted by Gasteiger charge is 2.28. The summed E-state index contributed by atoms with van der Waals surface area (Å²) in [5.74, 6) is 0.764. The number of aromatic nitrogens is 4. The molecule has 1 unspecified atom stereocenters. The van der Waals surface area contributed by atoms with E-state index >= 15 is 0 Å². The first-order valence-electron chi connectivity index (χ1n) is 7.87. The largest absolute Gasteiger partial charge is 0.364 e. The molecule has 0 aliphatic carbocycles. The Balaban J connectivity index is 1.48. The van der Waals surface area contributed by atoms with Gasteiger partial charge in [0.05, 0.1) is 0 Å². The lowest BCUT2D eigenvalue weighted by atomic mass is 10.2. The lowest BCUT2D eigenvalue weighted by molar-refractivity contribution is 0.0786. The van der Waals surface area contributed by atoms with Gasteiger partial charge in [-0.1, -0.05) is 17.8 Å². The Labute approximate surface area is 152 Å². The molecule has 1 saturated heterocycles. The molecule has 0 bridgehead atoms. The number of hydrogen-bond acceptors (Lipinski definition) is 8.